The van der Waals surface area contributed by atoms with Gasteiger partial charge in [0.2, 0.25) is 0 Å². The molecule has 230 valence electrons. The van der Waals surface area contributed by atoms with E-state index in [1.807, 2.05) is 0 Å². The van der Waals surface area contributed by atoms with Crippen LogP contribution in [0.3, 0.4) is 0 Å². The van der Waals surface area contributed by atoms with Crippen LogP contribution in [0.2, 0.25) is 0 Å². The molecule has 0 heterocycles. The van der Waals surface area contributed by atoms with Crippen molar-refractivity contribution in [2.45, 2.75) is 182 Å². The lowest BCUT2D eigenvalue weighted by atomic mass is 9.40. The molecule has 0 aromatic rings. The summed E-state index contributed by atoms with van der Waals surface area (Å²) in [6.07, 6.45) is 37.0. The molecule has 0 radical (unpaired) electrons. The quantitative estimate of drug-likeness (QED) is 0.0956. The molecule has 40 heavy (non-hydrogen) atoms. The Balaban J connectivity index is 1.07. The van der Waals surface area contributed by atoms with Crippen LogP contribution in [0.25, 0.3) is 0 Å². The van der Waals surface area contributed by atoms with Crippen LogP contribution in [-0.4, -0.2) is 12.6 Å². The van der Waals surface area contributed by atoms with Crippen LogP contribution in [0.15, 0.2) is 12.2 Å². The van der Waals surface area contributed by atoms with Crippen molar-refractivity contribution in [3.8, 4) is 0 Å². The Kier molecular flexibility index (Phi) is 11.7. The van der Waals surface area contributed by atoms with Gasteiger partial charge >= 0.3 is 5.97 Å². The molecular weight excluding hydrogens is 488 g/mol. The van der Waals surface area contributed by atoms with Crippen molar-refractivity contribution in [2.24, 2.45) is 33.5 Å². The molecule has 3 fully saturated rings. The highest BCUT2D eigenvalue weighted by Gasteiger charge is 2.63. The fourth-order valence-electron chi connectivity index (χ4n) is 10.4. The molecule has 6 atom stereocenters. The molecule has 2 bridgehead atoms. The lowest BCUT2D eigenvalue weighted by molar-refractivity contribution is -0.171. The maximum atomic E-state index is 12.7. The van der Waals surface area contributed by atoms with Crippen LogP contribution >= 0.6 is 0 Å². The second-order valence-corrected chi connectivity index (χ2v) is 16.0. The SMILES string of the molecule is CCCCCCCCCCCCCCCCCC(=O)OC[C@@]1(C)CCC[C@]2(C)[C@@H]1CC[C@@]13C=C[C@@](C)(CC[C@H]12)C3. The smallest absolute Gasteiger partial charge is 0.305 e. The summed E-state index contributed by atoms with van der Waals surface area (Å²) in [6.45, 7) is 10.5. The van der Waals surface area contributed by atoms with Gasteiger partial charge in [-0.05, 0) is 79.4 Å². The first-order valence-electron chi connectivity index (χ1n) is 18.1. The van der Waals surface area contributed by atoms with Crippen molar-refractivity contribution in [2.75, 3.05) is 6.61 Å². The summed E-state index contributed by atoms with van der Waals surface area (Å²) in [5.74, 6) is 1.57. The van der Waals surface area contributed by atoms with E-state index in [1.165, 1.54) is 141 Å². The van der Waals surface area contributed by atoms with Gasteiger partial charge in [0.1, 0.15) is 0 Å². The lowest BCUT2D eigenvalue weighted by Gasteiger charge is -2.64. The van der Waals surface area contributed by atoms with Crippen molar-refractivity contribution in [3.05, 3.63) is 12.2 Å². The number of esters is 1. The Morgan fingerprint density at radius 3 is 1.90 bits per heavy atom. The van der Waals surface area contributed by atoms with E-state index in [9.17, 15) is 4.79 Å². The zero-order chi connectivity index (χ0) is 28.5. The minimum atomic E-state index is 0.0580. The molecule has 4 aliphatic carbocycles. The normalized spacial score (nSPS) is 36.3. The van der Waals surface area contributed by atoms with Gasteiger partial charge in [-0.1, -0.05) is 136 Å². The highest BCUT2D eigenvalue weighted by atomic mass is 16.5. The van der Waals surface area contributed by atoms with E-state index in [1.54, 1.807) is 0 Å². The van der Waals surface area contributed by atoms with Crippen LogP contribution in [0.5, 0.6) is 0 Å². The van der Waals surface area contributed by atoms with Gasteiger partial charge in [0.25, 0.3) is 0 Å². The first-order chi connectivity index (χ1) is 19.3. The molecule has 4 aliphatic rings. The average Bonchev–Trinajstić information content (AvgIpc) is 3.17. The number of hydrogen-bond acceptors (Lipinski definition) is 2. The average molecular weight is 555 g/mol. The van der Waals surface area contributed by atoms with Crippen molar-refractivity contribution >= 4 is 5.97 Å². The van der Waals surface area contributed by atoms with E-state index >= 15 is 0 Å². The maximum Gasteiger partial charge on any atom is 0.305 e. The van der Waals surface area contributed by atoms with E-state index in [-0.39, 0.29) is 11.4 Å². The first-order valence-corrected chi connectivity index (χ1v) is 18.1. The van der Waals surface area contributed by atoms with Crippen LogP contribution in [0, 0.1) is 33.5 Å². The standard InChI is InChI=1S/C38H66O2/c1-5-6-7-8-9-10-11-12-13-14-15-16-17-18-19-21-34(39)40-31-36(3)24-20-25-37(4)32(36)23-27-38-29-28-35(2,30-38)26-22-33(37)38/h28-29,32-33H,5-27,30-31H2,1-4H3/t32-,33+,35-,36-,37-,38+/m1/s1. The van der Waals surface area contributed by atoms with Crippen LogP contribution < -0.4 is 0 Å². The fourth-order valence-corrected chi connectivity index (χ4v) is 10.4. The maximum absolute atomic E-state index is 12.7. The lowest BCUT2D eigenvalue weighted by Crippen LogP contribution is -2.58. The van der Waals surface area contributed by atoms with E-state index in [0.717, 1.165) is 12.3 Å². The van der Waals surface area contributed by atoms with Crippen molar-refractivity contribution in [1.29, 1.82) is 0 Å². The van der Waals surface area contributed by atoms with E-state index in [0.29, 0.717) is 35.2 Å². The zero-order valence-corrected chi connectivity index (χ0v) is 27.3. The van der Waals surface area contributed by atoms with Gasteiger partial charge < -0.3 is 4.74 Å². The number of ether oxygens (including phenoxy) is 1. The first kappa shape index (κ1) is 32.1. The Labute approximate surface area is 249 Å². The van der Waals surface area contributed by atoms with Crippen molar-refractivity contribution < 1.29 is 9.53 Å². The number of unbranched alkanes of at least 4 members (excludes halogenated alkanes) is 14. The van der Waals surface area contributed by atoms with Crippen molar-refractivity contribution in [3.63, 3.8) is 0 Å². The minimum Gasteiger partial charge on any atom is -0.465 e. The molecule has 0 aliphatic heterocycles. The van der Waals surface area contributed by atoms with Gasteiger partial charge in [0, 0.05) is 11.8 Å². The summed E-state index contributed by atoms with van der Waals surface area (Å²) >= 11 is 0. The summed E-state index contributed by atoms with van der Waals surface area (Å²) in [6, 6.07) is 0. The predicted octanol–water partition coefficient (Wildman–Crippen LogP) is 11.8. The number of fused-ring (bicyclic) bond motifs is 3. The molecule has 0 aromatic carbocycles. The van der Waals surface area contributed by atoms with E-state index in [4.69, 9.17) is 4.74 Å². The molecule has 0 N–H and O–H groups in total. The molecule has 2 nitrogen and oxygen atoms in total. The Hall–Kier alpha value is -0.790. The Morgan fingerprint density at radius 2 is 1.27 bits per heavy atom. The molecule has 4 rings (SSSR count). The molecule has 0 aromatic heterocycles. The fraction of sp³-hybridized carbons (Fsp3) is 0.921. The summed E-state index contributed by atoms with van der Waals surface area (Å²) in [4.78, 5) is 12.7. The molecule has 1 spiro atoms. The second-order valence-electron chi connectivity index (χ2n) is 16.0. The third kappa shape index (κ3) is 7.78. The monoisotopic (exact) mass is 555 g/mol. The Bertz CT molecular complexity index is 816. The third-order valence-corrected chi connectivity index (χ3v) is 12.6. The van der Waals surface area contributed by atoms with E-state index < -0.39 is 0 Å². The zero-order valence-electron chi connectivity index (χ0n) is 27.3. The molecular formula is C38H66O2. The van der Waals surface area contributed by atoms with Gasteiger partial charge in [0.05, 0.1) is 6.61 Å². The van der Waals surface area contributed by atoms with Gasteiger partial charge in [-0.25, -0.2) is 0 Å². The van der Waals surface area contributed by atoms with Gasteiger partial charge in [0.15, 0.2) is 0 Å². The van der Waals surface area contributed by atoms with E-state index in [2.05, 4.69) is 39.8 Å². The summed E-state index contributed by atoms with van der Waals surface area (Å²) in [5.41, 5.74) is 1.48. The number of hydrogen-bond donors (Lipinski definition) is 0. The highest BCUT2D eigenvalue weighted by Crippen LogP contribution is 2.71. The highest BCUT2D eigenvalue weighted by molar-refractivity contribution is 5.69. The van der Waals surface area contributed by atoms with Crippen LogP contribution in [-0.2, 0) is 9.53 Å². The number of allylic oxidation sites excluding steroid dienone is 2. The number of carbonyl (C=O) groups excluding carboxylic acids is 1. The molecule has 0 amide bonds. The van der Waals surface area contributed by atoms with Gasteiger partial charge in [-0.15, -0.1) is 0 Å². The number of rotatable bonds is 18. The minimum absolute atomic E-state index is 0.0580. The second kappa shape index (κ2) is 14.6. The van der Waals surface area contributed by atoms with Gasteiger partial charge in [-0.2, -0.15) is 0 Å². The van der Waals surface area contributed by atoms with Gasteiger partial charge in [-0.3, -0.25) is 4.79 Å². The van der Waals surface area contributed by atoms with Crippen LogP contribution in [0.4, 0.5) is 0 Å². The molecule has 3 saturated carbocycles. The summed E-state index contributed by atoms with van der Waals surface area (Å²) in [7, 11) is 0. The number of carbonyl (C=O) groups is 1. The Morgan fingerprint density at radius 1 is 0.700 bits per heavy atom. The molecule has 2 heteroatoms. The summed E-state index contributed by atoms with van der Waals surface area (Å²) in [5, 5.41) is 0. The summed E-state index contributed by atoms with van der Waals surface area (Å²) < 4.78 is 6.06. The largest absolute Gasteiger partial charge is 0.465 e. The topological polar surface area (TPSA) is 26.3 Å². The molecule has 0 unspecified atom stereocenters. The third-order valence-electron chi connectivity index (χ3n) is 12.6. The predicted molar refractivity (Wildman–Crippen MR) is 170 cm³/mol. The molecule has 0 saturated heterocycles. The van der Waals surface area contributed by atoms with Crippen LogP contribution in [0.1, 0.15) is 182 Å². The van der Waals surface area contributed by atoms with Crippen molar-refractivity contribution in [1.82, 2.24) is 0 Å².